The molecule has 310 valence electrons. The number of carbonyl (C=O) groups excluding carboxylic acids is 4. The first-order valence-electron chi connectivity index (χ1n) is 20.3. The van der Waals surface area contributed by atoms with E-state index in [9.17, 15) is 19.2 Å². The molecule has 4 amide bonds. The van der Waals surface area contributed by atoms with Crippen molar-refractivity contribution in [2.45, 2.75) is 49.9 Å². The van der Waals surface area contributed by atoms with E-state index in [0.29, 0.717) is 35.9 Å². The van der Waals surface area contributed by atoms with Gasteiger partial charge in [-0.05, 0) is 72.0 Å². The number of nitrogens with zero attached hydrogens (tertiary/aromatic N) is 4. The molecule has 2 fully saturated rings. The Balaban J connectivity index is 0.928. The summed E-state index contributed by atoms with van der Waals surface area (Å²) in [5.41, 5.74) is 4.99. The standard InChI is InChI=1S/C46H44N8O6S/c1-59-45(57)51-38(27-11-5-3-6-12-27)43(55)53-23-9-15-34(53)41-47-26-33(49-41)37-22-21-36(61-37)30-17-19-31-29(25-30)18-20-32-40(31)50-42(48-32)35-16-10-24-54(35)44(56)39(52-46(58)60-2)28-13-7-4-8-14-28/h3-8,11-14,17-22,25-26,34-35,38-39H,9-10,15-16,23-24H2,1-2H3,(H,47,49)(H,48,50)(H,51,57)(H,52,58)/t34-,35-,38-,39-/m0/s1. The van der Waals surface area contributed by atoms with Crippen molar-refractivity contribution >= 4 is 57.1 Å². The topological polar surface area (TPSA) is 175 Å². The second kappa shape index (κ2) is 16.9. The second-order valence-electron chi connectivity index (χ2n) is 15.2. The normalized spacial score (nSPS) is 17.3. The van der Waals surface area contributed by atoms with Gasteiger partial charge in [-0.15, -0.1) is 11.3 Å². The average Bonchev–Trinajstić information content (AvgIpc) is 4.16. The van der Waals surface area contributed by atoms with Crippen molar-refractivity contribution in [3.05, 3.63) is 132 Å². The van der Waals surface area contributed by atoms with Crippen LogP contribution < -0.4 is 10.6 Å². The third-order valence-electron chi connectivity index (χ3n) is 11.6. The minimum atomic E-state index is -0.893. The Labute approximate surface area is 355 Å². The van der Waals surface area contributed by atoms with Crippen LogP contribution in [0.1, 0.15) is 72.6 Å². The summed E-state index contributed by atoms with van der Waals surface area (Å²) in [4.78, 5) is 75.1. The van der Waals surface area contributed by atoms with Gasteiger partial charge in [0, 0.05) is 23.4 Å². The molecular formula is C46H44N8O6S. The predicted molar refractivity (Wildman–Crippen MR) is 231 cm³/mol. The Morgan fingerprint density at radius 3 is 1.90 bits per heavy atom. The Bertz CT molecular complexity index is 2730. The summed E-state index contributed by atoms with van der Waals surface area (Å²) in [6, 6.07) is 30.7. The smallest absolute Gasteiger partial charge is 0.407 e. The molecule has 4 N–H and O–H groups in total. The highest BCUT2D eigenvalue weighted by Crippen LogP contribution is 2.40. The summed E-state index contributed by atoms with van der Waals surface area (Å²) in [7, 11) is 2.56. The number of nitrogens with one attached hydrogen (secondary N) is 4. The highest BCUT2D eigenvalue weighted by atomic mass is 32.1. The lowest BCUT2D eigenvalue weighted by atomic mass is 10.0. The predicted octanol–water partition coefficient (Wildman–Crippen LogP) is 8.36. The van der Waals surface area contributed by atoms with E-state index < -0.39 is 24.3 Å². The molecule has 4 atom stereocenters. The van der Waals surface area contributed by atoms with Crippen LogP contribution in [0, 0.1) is 0 Å². The van der Waals surface area contributed by atoms with Crippen LogP contribution in [0.15, 0.2) is 109 Å². The fraction of sp³-hybridized carbons (Fsp3) is 0.261. The largest absolute Gasteiger partial charge is 0.453 e. The molecule has 3 aromatic heterocycles. The van der Waals surface area contributed by atoms with E-state index in [2.05, 4.69) is 57.0 Å². The molecule has 0 aliphatic carbocycles. The minimum absolute atomic E-state index is 0.215. The summed E-state index contributed by atoms with van der Waals surface area (Å²) >= 11 is 1.65. The molecule has 2 saturated heterocycles. The maximum Gasteiger partial charge on any atom is 0.407 e. The van der Waals surface area contributed by atoms with Gasteiger partial charge in [0.15, 0.2) is 0 Å². The zero-order valence-electron chi connectivity index (χ0n) is 33.6. The van der Waals surface area contributed by atoms with Crippen LogP contribution in [-0.4, -0.2) is 81.0 Å². The number of imidazole rings is 2. The van der Waals surface area contributed by atoms with Gasteiger partial charge in [-0.1, -0.05) is 78.9 Å². The number of rotatable bonds is 10. The van der Waals surface area contributed by atoms with Crippen LogP contribution in [0.4, 0.5) is 9.59 Å². The Morgan fingerprint density at radius 1 is 0.705 bits per heavy atom. The fourth-order valence-electron chi connectivity index (χ4n) is 8.58. The maximum absolute atomic E-state index is 14.1. The van der Waals surface area contributed by atoms with E-state index in [1.165, 1.54) is 14.2 Å². The molecule has 0 bridgehead atoms. The molecule has 9 rings (SSSR count). The van der Waals surface area contributed by atoms with Crippen LogP contribution >= 0.6 is 11.3 Å². The third-order valence-corrected chi connectivity index (χ3v) is 12.8. The lowest BCUT2D eigenvalue weighted by Crippen LogP contribution is -2.42. The average molecular weight is 837 g/mol. The number of carbonyl (C=O) groups is 4. The number of H-pyrrole nitrogens is 2. The van der Waals surface area contributed by atoms with Gasteiger partial charge in [0.25, 0.3) is 11.8 Å². The van der Waals surface area contributed by atoms with Crippen LogP contribution in [0.5, 0.6) is 0 Å². The van der Waals surface area contributed by atoms with Gasteiger partial charge < -0.3 is 39.9 Å². The number of hydrogen-bond acceptors (Lipinski definition) is 9. The molecule has 61 heavy (non-hydrogen) atoms. The number of ether oxygens (including phenoxy) is 2. The Hall–Kier alpha value is -7.00. The first-order valence-corrected chi connectivity index (χ1v) is 21.1. The van der Waals surface area contributed by atoms with Crippen LogP contribution in [0.25, 0.3) is 42.8 Å². The van der Waals surface area contributed by atoms with Crippen molar-refractivity contribution in [3.8, 4) is 21.0 Å². The summed E-state index contributed by atoms with van der Waals surface area (Å²) in [5, 5.41) is 7.48. The maximum atomic E-state index is 14.1. The van der Waals surface area contributed by atoms with Crippen molar-refractivity contribution in [1.82, 2.24) is 40.4 Å². The van der Waals surface area contributed by atoms with Gasteiger partial charge in [0.2, 0.25) is 0 Å². The van der Waals surface area contributed by atoms with Crippen LogP contribution in [0.3, 0.4) is 0 Å². The molecule has 2 aliphatic heterocycles. The lowest BCUT2D eigenvalue weighted by molar-refractivity contribution is -0.135. The van der Waals surface area contributed by atoms with Gasteiger partial charge >= 0.3 is 12.2 Å². The highest BCUT2D eigenvalue weighted by Gasteiger charge is 2.38. The summed E-state index contributed by atoms with van der Waals surface area (Å²) in [5.74, 6) is 0.983. The number of aromatic amines is 2. The van der Waals surface area contributed by atoms with Gasteiger partial charge in [-0.25, -0.2) is 19.6 Å². The number of fused-ring (bicyclic) bond motifs is 3. The van der Waals surface area contributed by atoms with Crippen LogP contribution in [-0.2, 0) is 19.1 Å². The number of methoxy groups -OCH3 is 2. The lowest BCUT2D eigenvalue weighted by Gasteiger charge is -2.28. The molecule has 14 nitrogen and oxygen atoms in total. The van der Waals surface area contributed by atoms with E-state index in [0.717, 1.165) is 68.5 Å². The van der Waals surface area contributed by atoms with Crippen molar-refractivity contribution in [1.29, 1.82) is 0 Å². The van der Waals surface area contributed by atoms with Gasteiger partial charge in [-0.3, -0.25) is 9.59 Å². The monoisotopic (exact) mass is 836 g/mol. The third kappa shape index (κ3) is 7.79. The SMILES string of the molecule is COC(=O)N[C@H](C(=O)N1CCC[C@H]1c1ncc(-c2ccc(-c3ccc4c(ccc5[nH]c([C@@H]6CCCN6C(=O)[C@@H](NC(=O)OC)c6ccccc6)nc54)c3)s2)[nH]1)c1ccccc1. The summed E-state index contributed by atoms with van der Waals surface area (Å²) < 4.78 is 9.70. The number of alkyl carbamates (subject to hydrolysis) is 2. The molecule has 0 spiro atoms. The zero-order valence-corrected chi connectivity index (χ0v) is 34.4. The van der Waals surface area contributed by atoms with E-state index in [4.69, 9.17) is 19.4 Å². The van der Waals surface area contributed by atoms with E-state index in [1.54, 1.807) is 21.1 Å². The zero-order chi connectivity index (χ0) is 42.0. The Morgan fingerprint density at radius 2 is 1.30 bits per heavy atom. The molecule has 15 heteroatoms. The molecule has 2 aliphatic rings. The Kier molecular flexibility index (Phi) is 11.0. The number of aromatic nitrogens is 4. The van der Waals surface area contributed by atoms with Crippen molar-refractivity contribution < 1.29 is 28.7 Å². The minimum Gasteiger partial charge on any atom is -0.453 e. The molecule has 0 saturated carbocycles. The van der Waals surface area contributed by atoms with Gasteiger partial charge in [0.1, 0.15) is 23.7 Å². The number of benzene rings is 4. The molecule has 4 aromatic carbocycles. The molecule has 7 aromatic rings. The quantitative estimate of drug-likeness (QED) is 0.106. The first kappa shape index (κ1) is 39.5. The molecule has 5 heterocycles. The first-order chi connectivity index (χ1) is 29.8. The summed E-state index contributed by atoms with van der Waals surface area (Å²) in [6.07, 6.45) is 3.58. The number of likely N-dealkylation sites (tertiary alicyclic amines) is 2. The van der Waals surface area contributed by atoms with Crippen LogP contribution in [0.2, 0.25) is 0 Å². The molecule has 0 radical (unpaired) electrons. The van der Waals surface area contributed by atoms with Crippen molar-refractivity contribution in [3.63, 3.8) is 0 Å². The van der Waals surface area contributed by atoms with Gasteiger partial charge in [0.05, 0.1) is 54.1 Å². The van der Waals surface area contributed by atoms with Gasteiger partial charge in [-0.2, -0.15) is 0 Å². The van der Waals surface area contributed by atoms with Crippen molar-refractivity contribution in [2.24, 2.45) is 0 Å². The van der Waals surface area contributed by atoms with E-state index in [1.807, 2.05) is 72.9 Å². The van der Waals surface area contributed by atoms with E-state index >= 15 is 0 Å². The highest BCUT2D eigenvalue weighted by molar-refractivity contribution is 7.18. The van der Waals surface area contributed by atoms with E-state index in [-0.39, 0.29) is 23.9 Å². The number of thiophene rings is 1. The number of hydrogen-bond donors (Lipinski definition) is 4. The number of amides is 4. The fourth-order valence-corrected chi connectivity index (χ4v) is 9.55. The summed E-state index contributed by atoms with van der Waals surface area (Å²) in [6.45, 7) is 1.09. The molecule has 0 unspecified atom stereocenters. The molecular weight excluding hydrogens is 793 g/mol. The van der Waals surface area contributed by atoms with Crippen molar-refractivity contribution in [2.75, 3.05) is 27.3 Å². The second-order valence-corrected chi connectivity index (χ2v) is 16.3.